The number of hydrogen-bond acceptors (Lipinski definition) is 4. The molecule has 1 aromatic carbocycles. The summed E-state index contributed by atoms with van der Waals surface area (Å²) in [6, 6.07) is 6.76. The molecule has 2 atom stereocenters. The van der Waals surface area contributed by atoms with Crippen LogP contribution in [0.4, 0.5) is 0 Å². The van der Waals surface area contributed by atoms with Crippen molar-refractivity contribution in [2.75, 3.05) is 13.1 Å². The molecule has 21 heavy (non-hydrogen) atoms. The standard InChI is InChI=1S/C15H21ClN4O/c16-12-8-10(15(17)19-21)3-4-11(12)9-18-13-5-7-20-6-1-2-14(13)20/h3-4,8,13-14,18,21H,1-2,5-7,9H2,(H2,17,19). The molecular weight excluding hydrogens is 288 g/mol. The highest BCUT2D eigenvalue weighted by atomic mass is 35.5. The third kappa shape index (κ3) is 3.00. The van der Waals surface area contributed by atoms with Crippen LogP contribution in [-0.4, -0.2) is 41.1 Å². The second-order valence-corrected chi connectivity index (χ2v) is 6.22. The number of rotatable bonds is 4. The van der Waals surface area contributed by atoms with Crippen LogP contribution in [0.5, 0.6) is 0 Å². The fourth-order valence-corrected chi connectivity index (χ4v) is 3.72. The average molecular weight is 309 g/mol. The Morgan fingerprint density at radius 3 is 3.05 bits per heavy atom. The number of hydrogen-bond donors (Lipinski definition) is 3. The molecule has 2 unspecified atom stereocenters. The molecule has 1 aromatic rings. The third-order valence-corrected chi connectivity index (χ3v) is 4.97. The molecule has 0 aliphatic carbocycles. The maximum atomic E-state index is 8.69. The van der Waals surface area contributed by atoms with Gasteiger partial charge in [-0.15, -0.1) is 0 Å². The van der Waals surface area contributed by atoms with Crippen LogP contribution in [0.1, 0.15) is 30.4 Å². The van der Waals surface area contributed by atoms with E-state index in [-0.39, 0.29) is 5.84 Å². The molecule has 6 heteroatoms. The van der Waals surface area contributed by atoms with Gasteiger partial charge in [0, 0.05) is 35.8 Å². The van der Waals surface area contributed by atoms with Crippen LogP contribution in [0.15, 0.2) is 23.4 Å². The molecule has 4 N–H and O–H groups in total. The van der Waals surface area contributed by atoms with Gasteiger partial charge in [0.15, 0.2) is 5.84 Å². The van der Waals surface area contributed by atoms with E-state index in [1.807, 2.05) is 12.1 Å². The van der Waals surface area contributed by atoms with Crippen LogP contribution < -0.4 is 11.1 Å². The summed E-state index contributed by atoms with van der Waals surface area (Å²) in [5, 5.41) is 16.0. The summed E-state index contributed by atoms with van der Waals surface area (Å²) >= 11 is 6.28. The highest BCUT2D eigenvalue weighted by Gasteiger charge is 2.36. The molecule has 0 spiro atoms. The predicted octanol–water partition coefficient (Wildman–Crippen LogP) is 1.76. The van der Waals surface area contributed by atoms with Crippen molar-refractivity contribution in [3.63, 3.8) is 0 Å². The Balaban J connectivity index is 1.63. The molecule has 0 amide bonds. The van der Waals surface area contributed by atoms with Gasteiger partial charge in [0.25, 0.3) is 0 Å². The zero-order valence-corrected chi connectivity index (χ0v) is 12.7. The molecule has 3 rings (SSSR count). The van der Waals surface area contributed by atoms with Gasteiger partial charge >= 0.3 is 0 Å². The lowest BCUT2D eigenvalue weighted by atomic mass is 10.1. The van der Waals surface area contributed by atoms with Gasteiger partial charge in [0.05, 0.1) is 0 Å². The van der Waals surface area contributed by atoms with Crippen LogP contribution >= 0.6 is 11.6 Å². The Bertz CT molecular complexity index is 548. The Morgan fingerprint density at radius 2 is 2.29 bits per heavy atom. The number of nitrogens with two attached hydrogens (primary N) is 1. The van der Waals surface area contributed by atoms with Gasteiger partial charge in [-0.3, -0.25) is 4.90 Å². The molecule has 2 heterocycles. The van der Waals surface area contributed by atoms with E-state index in [0.717, 1.165) is 12.1 Å². The summed E-state index contributed by atoms with van der Waals surface area (Å²) in [6.07, 6.45) is 3.83. The van der Waals surface area contributed by atoms with E-state index in [0.29, 0.717) is 22.7 Å². The van der Waals surface area contributed by atoms with Gasteiger partial charge in [-0.2, -0.15) is 0 Å². The van der Waals surface area contributed by atoms with E-state index in [2.05, 4.69) is 15.4 Å². The number of amidine groups is 1. The summed E-state index contributed by atoms with van der Waals surface area (Å²) in [7, 11) is 0. The van der Waals surface area contributed by atoms with Crippen molar-refractivity contribution in [3.8, 4) is 0 Å². The highest BCUT2D eigenvalue weighted by Crippen LogP contribution is 2.28. The van der Waals surface area contributed by atoms with E-state index in [1.165, 1.54) is 32.4 Å². The molecule has 0 saturated carbocycles. The Hall–Kier alpha value is -1.30. The van der Waals surface area contributed by atoms with Crippen molar-refractivity contribution in [1.82, 2.24) is 10.2 Å². The van der Waals surface area contributed by atoms with E-state index < -0.39 is 0 Å². The topological polar surface area (TPSA) is 73.9 Å². The predicted molar refractivity (Wildman–Crippen MR) is 83.8 cm³/mol. The van der Waals surface area contributed by atoms with Crippen LogP contribution in [0.3, 0.4) is 0 Å². The van der Waals surface area contributed by atoms with Gasteiger partial charge in [-0.25, -0.2) is 0 Å². The van der Waals surface area contributed by atoms with Crippen LogP contribution in [0, 0.1) is 0 Å². The largest absolute Gasteiger partial charge is 0.409 e. The highest BCUT2D eigenvalue weighted by molar-refractivity contribution is 6.31. The minimum atomic E-state index is 0.0776. The molecule has 2 saturated heterocycles. The fraction of sp³-hybridized carbons (Fsp3) is 0.533. The first kappa shape index (κ1) is 14.6. The quantitative estimate of drug-likeness (QED) is 0.343. The number of benzene rings is 1. The van der Waals surface area contributed by atoms with Crippen molar-refractivity contribution in [2.45, 2.75) is 37.9 Å². The molecule has 0 radical (unpaired) electrons. The summed E-state index contributed by atoms with van der Waals surface area (Å²) in [6.45, 7) is 3.21. The summed E-state index contributed by atoms with van der Waals surface area (Å²) in [5.74, 6) is 0.0776. The molecule has 2 aliphatic heterocycles. The van der Waals surface area contributed by atoms with E-state index >= 15 is 0 Å². The van der Waals surface area contributed by atoms with Crippen molar-refractivity contribution in [1.29, 1.82) is 0 Å². The lowest BCUT2D eigenvalue weighted by molar-refractivity contribution is 0.298. The number of halogens is 1. The monoisotopic (exact) mass is 308 g/mol. The van der Waals surface area contributed by atoms with Gasteiger partial charge in [-0.05, 0) is 37.4 Å². The van der Waals surface area contributed by atoms with Crippen molar-refractivity contribution in [3.05, 3.63) is 34.3 Å². The molecule has 0 aromatic heterocycles. The Kier molecular flexibility index (Phi) is 4.33. The molecule has 5 nitrogen and oxygen atoms in total. The van der Waals surface area contributed by atoms with Crippen LogP contribution in [0.2, 0.25) is 5.02 Å². The molecule has 114 valence electrons. The maximum Gasteiger partial charge on any atom is 0.170 e. The second kappa shape index (κ2) is 6.22. The maximum absolute atomic E-state index is 8.69. The van der Waals surface area contributed by atoms with Gasteiger partial charge in [0.1, 0.15) is 0 Å². The lowest BCUT2D eigenvalue weighted by Crippen LogP contribution is -2.38. The lowest BCUT2D eigenvalue weighted by Gasteiger charge is -2.21. The molecule has 2 aliphatic rings. The number of oxime groups is 1. The molecule has 2 fully saturated rings. The number of nitrogens with zero attached hydrogens (tertiary/aromatic N) is 2. The Labute approximate surface area is 129 Å². The first-order valence-electron chi connectivity index (χ1n) is 7.43. The molecular formula is C15H21ClN4O. The van der Waals surface area contributed by atoms with Crippen molar-refractivity contribution >= 4 is 17.4 Å². The van der Waals surface area contributed by atoms with Crippen molar-refractivity contribution in [2.24, 2.45) is 10.9 Å². The SMILES string of the molecule is N/C(=N/O)c1ccc(CNC2CCN3CCCC23)c(Cl)c1. The fourth-order valence-electron chi connectivity index (χ4n) is 3.47. The molecule has 0 bridgehead atoms. The van der Waals surface area contributed by atoms with E-state index in [4.69, 9.17) is 22.5 Å². The minimum Gasteiger partial charge on any atom is -0.409 e. The van der Waals surface area contributed by atoms with Gasteiger partial charge in [-0.1, -0.05) is 28.9 Å². The number of fused-ring (bicyclic) bond motifs is 1. The normalized spacial score (nSPS) is 26.2. The van der Waals surface area contributed by atoms with Crippen LogP contribution in [0.25, 0.3) is 0 Å². The summed E-state index contributed by atoms with van der Waals surface area (Å²) in [4.78, 5) is 2.58. The second-order valence-electron chi connectivity index (χ2n) is 5.81. The number of nitrogens with one attached hydrogen (secondary N) is 1. The van der Waals surface area contributed by atoms with Gasteiger partial charge in [0.2, 0.25) is 0 Å². The zero-order valence-electron chi connectivity index (χ0n) is 11.9. The minimum absolute atomic E-state index is 0.0776. The third-order valence-electron chi connectivity index (χ3n) is 4.62. The van der Waals surface area contributed by atoms with Crippen LogP contribution in [-0.2, 0) is 6.54 Å². The smallest absolute Gasteiger partial charge is 0.170 e. The Morgan fingerprint density at radius 1 is 1.43 bits per heavy atom. The average Bonchev–Trinajstić information content (AvgIpc) is 3.09. The van der Waals surface area contributed by atoms with Crippen molar-refractivity contribution < 1.29 is 5.21 Å². The summed E-state index contributed by atoms with van der Waals surface area (Å²) < 4.78 is 0. The zero-order chi connectivity index (χ0) is 14.8. The van der Waals surface area contributed by atoms with E-state index in [1.54, 1.807) is 6.07 Å². The van der Waals surface area contributed by atoms with E-state index in [9.17, 15) is 0 Å². The summed E-state index contributed by atoms with van der Waals surface area (Å²) in [5.41, 5.74) is 7.24. The first-order valence-corrected chi connectivity index (χ1v) is 7.80. The first-order chi connectivity index (χ1) is 10.2. The van der Waals surface area contributed by atoms with Gasteiger partial charge < -0.3 is 16.3 Å².